The third kappa shape index (κ3) is 5.04. The van der Waals surface area contributed by atoms with Gasteiger partial charge in [0.1, 0.15) is 5.69 Å². The molecule has 0 aliphatic heterocycles. The number of aromatic nitrogens is 2. The van der Waals surface area contributed by atoms with E-state index in [-0.39, 0.29) is 16.8 Å². The molecule has 1 aromatic heterocycles. The number of aryl methyl sites for hydroxylation is 2. The van der Waals surface area contributed by atoms with Gasteiger partial charge in [0, 0.05) is 10.5 Å². The summed E-state index contributed by atoms with van der Waals surface area (Å²) in [4.78, 5) is 20.9. The molecule has 30 heavy (non-hydrogen) atoms. The van der Waals surface area contributed by atoms with Crippen molar-refractivity contribution in [3.63, 3.8) is 0 Å². The fraction of sp³-hybridized carbons (Fsp3) is 0.227. The lowest BCUT2D eigenvalue weighted by atomic mass is 9.99. The zero-order valence-electron chi connectivity index (χ0n) is 17.1. The van der Waals surface area contributed by atoms with E-state index in [1.54, 1.807) is 18.2 Å². The smallest absolute Gasteiger partial charge is 0.335 e. The van der Waals surface area contributed by atoms with Crippen LogP contribution >= 0.6 is 23.5 Å². The molecule has 2 aromatic carbocycles. The molecular weight excluding hydrogens is 422 g/mol. The van der Waals surface area contributed by atoms with Crippen molar-refractivity contribution in [1.29, 1.82) is 0 Å². The molecule has 0 spiro atoms. The van der Waals surface area contributed by atoms with Crippen LogP contribution in [-0.4, -0.2) is 27.1 Å². The van der Waals surface area contributed by atoms with E-state index in [1.807, 2.05) is 45.9 Å². The van der Waals surface area contributed by atoms with Crippen molar-refractivity contribution in [3.8, 4) is 17.0 Å². The van der Waals surface area contributed by atoms with Crippen LogP contribution in [0.25, 0.3) is 11.3 Å². The molecule has 0 aliphatic carbocycles. The van der Waals surface area contributed by atoms with E-state index in [1.165, 1.54) is 18.0 Å². The molecule has 0 atom stereocenters. The summed E-state index contributed by atoms with van der Waals surface area (Å²) in [6.45, 7) is 7.86. The average molecular weight is 444 g/mol. The number of aromatic carboxylic acids is 1. The predicted molar refractivity (Wildman–Crippen MR) is 121 cm³/mol. The van der Waals surface area contributed by atoms with E-state index >= 15 is 0 Å². The van der Waals surface area contributed by atoms with Crippen LogP contribution in [0, 0.1) is 13.8 Å². The number of hydrogen-bond acceptors (Lipinski definition) is 6. The van der Waals surface area contributed by atoms with Gasteiger partial charge in [-0.05, 0) is 69.0 Å². The van der Waals surface area contributed by atoms with E-state index in [2.05, 4.69) is 14.7 Å². The van der Waals surface area contributed by atoms with Crippen LogP contribution in [0.2, 0.25) is 5.15 Å². The number of nitrogens with one attached hydrogen (secondary N) is 1. The maximum Gasteiger partial charge on any atom is 0.335 e. The van der Waals surface area contributed by atoms with Gasteiger partial charge in [-0.1, -0.05) is 35.9 Å². The first-order valence-electron chi connectivity index (χ1n) is 9.33. The highest BCUT2D eigenvalue weighted by molar-refractivity contribution is 8.00. The second kappa shape index (κ2) is 9.36. The fourth-order valence-electron chi connectivity index (χ4n) is 2.96. The highest BCUT2D eigenvalue weighted by Gasteiger charge is 2.20. The molecule has 0 aliphatic rings. The van der Waals surface area contributed by atoms with Gasteiger partial charge in [-0.15, -0.1) is 0 Å². The van der Waals surface area contributed by atoms with Gasteiger partial charge in [0.15, 0.2) is 10.9 Å². The summed E-state index contributed by atoms with van der Waals surface area (Å²) in [5, 5.41) is 9.37. The van der Waals surface area contributed by atoms with E-state index in [0.29, 0.717) is 22.3 Å². The average Bonchev–Trinajstić information content (AvgIpc) is 2.68. The summed E-state index contributed by atoms with van der Waals surface area (Å²) >= 11 is 7.69. The van der Waals surface area contributed by atoms with E-state index in [9.17, 15) is 4.79 Å². The van der Waals surface area contributed by atoms with Crippen LogP contribution in [0.1, 0.15) is 35.3 Å². The molecular formula is C22H22ClN3O3S. The standard InChI is InChI=1S/C22H22ClN3O3S/c1-12(2)29-19-18(17-13(3)7-5-8-14(17)4)24-22(25-20(19)23)26-30-16-10-6-9-15(11-16)21(27)28/h5-12H,1-4H3,(H,27,28)(H,24,25,26). The zero-order valence-corrected chi connectivity index (χ0v) is 18.6. The van der Waals surface area contributed by atoms with Crippen LogP contribution in [-0.2, 0) is 0 Å². The second-order valence-corrected chi connectivity index (χ2v) is 8.22. The van der Waals surface area contributed by atoms with Crippen molar-refractivity contribution in [2.75, 3.05) is 4.72 Å². The third-order valence-corrected chi connectivity index (χ3v) is 5.27. The molecule has 8 heteroatoms. The molecule has 0 amide bonds. The molecule has 0 radical (unpaired) electrons. The lowest BCUT2D eigenvalue weighted by molar-refractivity contribution is 0.0696. The summed E-state index contributed by atoms with van der Waals surface area (Å²) in [6, 6.07) is 12.6. The SMILES string of the molecule is Cc1cccc(C)c1-c1nc(NSc2cccc(C(=O)O)c2)nc(Cl)c1OC(C)C. The van der Waals surface area contributed by atoms with Gasteiger partial charge < -0.3 is 9.84 Å². The first-order valence-corrected chi connectivity index (χ1v) is 10.5. The number of rotatable bonds is 7. The Morgan fingerprint density at radius 3 is 2.43 bits per heavy atom. The number of carbonyl (C=O) groups is 1. The number of ether oxygens (including phenoxy) is 1. The number of hydrogen-bond donors (Lipinski definition) is 2. The number of nitrogens with zero attached hydrogens (tertiary/aromatic N) is 2. The van der Waals surface area contributed by atoms with Crippen LogP contribution in [0.15, 0.2) is 47.4 Å². The number of carboxylic acid groups (broad SMARTS) is 1. The van der Waals surface area contributed by atoms with Crippen LogP contribution in [0.5, 0.6) is 5.75 Å². The Morgan fingerprint density at radius 2 is 1.80 bits per heavy atom. The van der Waals surface area contributed by atoms with Crippen molar-refractivity contribution in [3.05, 3.63) is 64.3 Å². The molecule has 2 N–H and O–H groups in total. The highest BCUT2D eigenvalue weighted by atomic mass is 35.5. The lowest BCUT2D eigenvalue weighted by Gasteiger charge is -2.18. The van der Waals surface area contributed by atoms with Crippen LogP contribution < -0.4 is 9.46 Å². The molecule has 3 rings (SSSR count). The van der Waals surface area contributed by atoms with Crippen molar-refractivity contribution >= 4 is 35.5 Å². The Kier molecular flexibility index (Phi) is 6.84. The number of carboxylic acids is 1. The van der Waals surface area contributed by atoms with E-state index < -0.39 is 5.97 Å². The lowest BCUT2D eigenvalue weighted by Crippen LogP contribution is -2.10. The maximum absolute atomic E-state index is 11.2. The molecule has 0 saturated carbocycles. The normalized spacial score (nSPS) is 10.9. The van der Waals surface area contributed by atoms with E-state index in [4.69, 9.17) is 21.4 Å². The first-order chi connectivity index (χ1) is 14.3. The van der Waals surface area contributed by atoms with Gasteiger partial charge in [-0.2, -0.15) is 4.98 Å². The van der Waals surface area contributed by atoms with Crippen molar-refractivity contribution < 1.29 is 14.6 Å². The number of anilines is 1. The second-order valence-electron chi connectivity index (χ2n) is 6.99. The third-order valence-electron chi connectivity index (χ3n) is 4.24. The number of halogens is 1. The predicted octanol–water partition coefficient (Wildman–Crippen LogP) is 6.02. The topological polar surface area (TPSA) is 84.3 Å². The first kappa shape index (κ1) is 21.9. The summed E-state index contributed by atoms with van der Waals surface area (Å²) in [5.41, 5.74) is 3.86. The Morgan fingerprint density at radius 1 is 1.13 bits per heavy atom. The van der Waals surface area contributed by atoms with Gasteiger partial charge in [0.05, 0.1) is 11.7 Å². The Bertz CT molecular complexity index is 1070. The van der Waals surface area contributed by atoms with Gasteiger partial charge >= 0.3 is 5.97 Å². The molecule has 0 saturated heterocycles. The zero-order chi connectivity index (χ0) is 21.8. The Hall–Kier alpha value is -2.77. The quantitative estimate of drug-likeness (QED) is 0.341. The van der Waals surface area contributed by atoms with Crippen molar-refractivity contribution in [2.45, 2.75) is 38.7 Å². The molecule has 0 fully saturated rings. The number of benzene rings is 2. The maximum atomic E-state index is 11.2. The molecule has 6 nitrogen and oxygen atoms in total. The minimum absolute atomic E-state index is 0.0962. The highest BCUT2D eigenvalue weighted by Crippen LogP contribution is 2.39. The molecule has 0 unspecified atom stereocenters. The monoisotopic (exact) mass is 443 g/mol. The molecule has 156 valence electrons. The fourth-order valence-corrected chi connectivity index (χ4v) is 3.81. The minimum atomic E-state index is -0.982. The summed E-state index contributed by atoms with van der Waals surface area (Å²) in [7, 11) is 0. The van der Waals surface area contributed by atoms with Gasteiger partial charge in [0.25, 0.3) is 0 Å². The van der Waals surface area contributed by atoms with E-state index in [0.717, 1.165) is 16.7 Å². The molecule has 1 heterocycles. The van der Waals surface area contributed by atoms with Crippen LogP contribution in [0.4, 0.5) is 5.95 Å². The minimum Gasteiger partial charge on any atom is -0.485 e. The largest absolute Gasteiger partial charge is 0.485 e. The summed E-state index contributed by atoms with van der Waals surface area (Å²) < 4.78 is 9.00. The van der Waals surface area contributed by atoms with Gasteiger partial charge in [-0.25, -0.2) is 9.78 Å². The van der Waals surface area contributed by atoms with Crippen molar-refractivity contribution in [2.24, 2.45) is 0 Å². The summed E-state index contributed by atoms with van der Waals surface area (Å²) in [5.74, 6) is -0.240. The van der Waals surface area contributed by atoms with Gasteiger partial charge in [0.2, 0.25) is 5.95 Å². The Labute approximate surface area is 184 Å². The van der Waals surface area contributed by atoms with Gasteiger partial charge in [-0.3, -0.25) is 4.72 Å². The Balaban J connectivity index is 2.00. The van der Waals surface area contributed by atoms with Crippen molar-refractivity contribution in [1.82, 2.24) is 9.97 Å². The molecule has 3 aromatic rings. The van der Waals surface area contributed by atoms with Crippen LogP contribution in [0.3, 0.4) is 0 Å². The summed E-state index contributed by atoms with van der Waals surface area (Å²) in [6.07, 6.45) is -0.0962. The molecule has 0 bridgehead atoms.